The lowest BCUT2D eigenvalue weighted by molar-refractivity contribution is 0.122. The van der Waals surface area contributed by atoms with Crippen molar-refractivity contribution in [2.24, 2.45) is 0 Å². The molecule has 0 aliphatic heterocycles. The molecule has 0 N–H and O–H groups in total. The monoisotopic (exact) mass is 313 g/mol. The molecule has 0 aliphatic carbocycles. The van der Waals surface area contributed by atoms with Crippen LogP contribution in [0, 0.1) is 6.92 Å². The topological polar surface area (TPSA) is 46.6 Å². The van der Waals surface area contributed by atoms with Gasteiger partial charge in [-0.25, -0.2) is 8.42 Å². The van der Waals surface area contributed by atoms with Gasteiger partial charge in [0.1, 0.15) is 0 Å². The number of likely N-dealkylation sites (N-methyl/N-ethyl adjacent to an activating group) is 1. The lowest BCUT2D eigenvalue weighted by Gasteiger charge is -2.16. The van der Waals surface area contributed by atoms with E-state index in [2.05, 4.69) is 4.90 Å². The summed E-state index contributed by atoms with van der Waals surface area (Å²) in [5.41, 5.74) is 2.01. The van der Waals surface area contributed by atoms with Crippen molar-refractivity contribution in [1.29, 1.82) is 0 Å². The summed E-state index contributed by atoms with van der Waals surface area (Å²) in [6, 6.07) is 7.68. The van der Waals surface area contributed by atoms with Gasteiger partial charge in [-0.15, -0.1) is 0 Å². The van der Waals surface area contributed by atoms with Crippen LogP contribution in [0.2, 0.25) is 0 Å². The highest BCUT2D eigenvalue weighted by Gasteiger charge is 2.12. The predicted octanol–water partition coefficient (Wildman–Crippen LogP) is 2.27. The third-order valence-electron chi connectivity index (χ3n) is 3.32. The van der Waals surface area contributed by atoms with Crippen LogP contribution in [0.5, 0.6) is 0 Å². The lowest BCUT2D eigenvalue weighted by Crippen LogP contribution is -2.26. The second-order valence-corrected chi connectivity index (χ2v) is 7.62. The Morgan fingerprint density at radius 3 is 2.43 bits per heavy atom. The number of sulfone groups is 1. The number of benzene rings is 1. The zero-order chi connectivity index (χ0) is 15.7. The van der Waals surface area contributed by atoms with Crippen LogP contribution in [0.25, 0.3) is 0 Å². The van der Waals surface area contributed by atoms with E-state index in [0.29, 0.717) is 13.0 Å². The summed E-state index contributed by atoms with van der Waals surface area (Å²) in [6.07, 6.45) is 0.664. The summed E-state index contributed by atoms with van der Waals surface area (Å²) in [4.78, 5) is 2.11. The highest BCUT2D eigenvalue weighted by atomic mass is 32.2. The van der Waals surface area contributed by atoms with Crippen molar-refractivity contribution in [3.8, 4) is 0 Å². The van der Waals surface area contributed by atoms with Gasteiger partial charge in [-0.2, -0.15) is 0 Å². The molecule has 0 aliphatic rings. The summed E-state index contributed by atoms with van der Waals surface area (Å²) >= 11 is 0. The second-order valence-electron chi connectivity index (χ2n) is 5.43. The maximum Gasteiger partial charge on any atom is 0.154 e. The second kappa shape index (κ2) is 9.18. The largest absolute Gasteiger partial charge is 0.380 e. The SMILES string of the molecule is CCOCCN(C)CCCS(=O)(=O)Cc1ccc(C)cc1. The van der Waals surface area contributed by atoms with Crippen molar-refractivity contribution >= 4 is 9.84 Å². The molecule has 21 heavy (non-hydrogen) atoms. The first-order valence-corrected chi connectivity index (χ1v) is 9.27. The molecule has 0 atom stereocenters. The van der Waals surface area contributed by atoms with E-state index in [4.69, 9.17) is 4.74 Å². The third kappa shape index (κ3) is 8.19. The zero-order valence-corrected chi connectivity index (χ0v) is 14.2. The number of aryl methyl sites for hydroxylation is 1. The molecule has 0 unspecified atom stereocenters. The Hall–Kier alpha value is -0.910. The molecular weight excluding hydrogens is 286 g/mol. The standard InChI is InChI=1S/C16H27NO3S/c1-4-20-12-11-17(3)10-5-13-21(18,19)14-16-8-6-15(2)7-9-16/h6-9H,4-5,10-14H2,1-3H3. The lowest BCUT2D eigenvalue weighted by atomic mass is 10.2. The summed E-state index contributed by atoms with van der Waals surface area (Å²) in [5.74, 6) is 0.371. The van der Waals surface area contributed by atoms with Crippen LogP contribution in [0.3, 0.4) is 0 Å². The van der Waals surface area contributed by atoms with Crippen molar-refractivity contribution in [1.82, 2.24) is 4.90 Å². The fourth-order valence-electron chi connectivity index (χ4n) is 2.04. The Balaban J connectivity index is 2.31. The van der Waals surface area contributed by atoms with Crippen molar-refractivity contribution in [3.63, 3.8) is 0 Å². The van der Waals surface area contributed by atoms with Crippen LogP contribution in [-0.4, -0.2) is 52.4 Å². The van der Waals surface area contributed by atoms with Crippen LogP contribution < -0.4 is 0 Å². The minimum Gasteiger partial charge on any atom is -0.380 e. The molecule has 0 spiro atoms. The molecule has 1 aromatic rings. The predicted molar refractivity (Wildman–Crippen MR) is 87.3 cm³/mol. The highest BCUT2D eigenvalue weighted by Crippen LogP contribution is 2.09. The van der Waals surface area contributed by atoms with Crippen LogP contribution in [0.15, 0.2) is 24.3 Å². The Morgan fingerprint density at radius 2 is 1.81 bits per heavy atom. The molecule has 120 valence electrons. The summed E-state index contributed by atoms with van der Waals surface area (Å²) in [7, 11) is -1.03. The summed E-state index contributed by atoms with van der Waals surface area (Å²) < 4.78 is 29.4. The highest BCUT2D eigenvalue weighted by molar-refractivity contribution is 7.90. The smallest absolute Gasteiger partial charge is 0.154 e. The molecule has 0 fully saturated rings. The Morgan fingerprint density at radius 1 is 1.14 bits per heavy atom. The molecule has 0 radical (unpaired) electrons. The molecule has 1 rings (SSSR count). The Labute approximate surface area is 129 Å². The normalized spacial score (nSPS) is 12.0. The van der Waals surface area contributed by atoms with E-state index in [0.717, 1.165) is 30.8 Å². The molecule has 0 aromatic heterocycles. The van der Waals surface area contributed by atoms with Gasteiger partial charge in [-0.1, -0.05) is 29.8 Å². The van der Waals surface area contributed by atoms with E-state index >= 15 is 0 Å². The molecule has 0 amide bonds. The van der Waals surface area contributed by atoms with Crippen LogP contribution in [0.1, 0.15) is 24.5 Å². The maximum atomic E-state index is 12.1. The minimum absolute atomic E-state index is 0.135. The first kappa shape index (κ1) is 18.1. The van der Waals surface area contributed by atoms with Crippen LogP contribution >= 0.6 is 0 Å². The van der Waals surface area contributed by atoms with E-state index in [1.807, 2.05) is 45.2 Å². The quantitative estimate of drug-likeness (QED) is 0.622. The number of hydrogen-bond donors (Lipinski definition) is 0. The van der Waals surface area contributed by atoms with Gasteiger partial charge in [-0.3, -0.25) is 0 Å². The average molecular weight is 313 g/mol. The van der Waals surface area contributed by atoms with E-state index in [-0.39, 0.29) is 11.5 Å². The zero-order valence-electron chi connectivity index (χ0n) is 13.3. The van der Waals surface area contributed by atoms with Gasteiger partial charge in [0.25, 0.3) is 0 Å². The van der Waals surface area contributed by atoms with E-state index in [1.54, 1.807) is 0 Å². The van der Waals surface area contributed by atoms with Gasteiger partial charge in [0.05, 0.1) is 18.1 Å². The van der Waals surface area contributed by atoms with Gasteiger partial charge in [0.2, 0.25) is 0 Å². The number of rotatable bonds is 10. The van der Waals surface area contributed by atoms with Crippen LogP contribution in [-0.2, 0) is 20.3 Å². The van der Waals surface area contributed by atoms with E-state index in [9.17, 15) is 8.42 Å². The number of ether oxygens (including phenoxy) is 1. The fraction of sp³-hybridized carbons (Fsp3) is 0.625. The van der Waals surface area contributed by atoms with Gasteiger partial charge < -0.3 is 9.64 Å². The fourth-order valence-corrected chi connectivity index (χ4v) is 3.45. The van der Waals surface area contributed by atoms with Crippen molar-refractivity contribution in [2.75, 3.05) is 39.1 Å². The summed E-state index contributed by atoms with van der Waals surface area (Å²) in [5, 5.41) is 0. The molecule has 0 bridgehead atoms. The van der Waals surface area contributed by atoms with E-state index < -0.39 is 9.84 Å². The van der Waals surface area contributed by atoms with Crippen molar-refractivity contribution in [2.45, 2.75) is 26.0 Å². The molecule has 0 heterocycles. The van der Waals surface area contributed by atoms with Gasteiger partial charge in [0.15, 0.2) is 9.84 Å². The molecule has 1 aromatic carbocycles. The Bertz CT molecular complexity index is 497. The number of nitrogens with zero attached hydrogens (tertiary/aromatic N) is 1. The van der Waals surface area contributed by atoms with Gasteiger partial charge >= 0.3 is 0 Å². The van der Waals surface area contributed by atoms with Crippen molar-refractivity contribution < 1.29 is 13.2 Å². The first-order valence-electron chi connectivity index (χ1n) is 7.45. The number of hydrogen-bond acceptors (Lipinski definition) is 4. The van der Waals surface area contributed by atoms with Gasteiger partial charge in [-0.05, 0) is 39.4 Å². The molecule has 4 nitrogen and oxygen atoms in total. The Kier molecular flexibility index (Phi) is 7.93. The summed E-state index contributed by atoms with van der Waals surface area (Å²) in [6.45, 7) is 7.00. The molecule has 5 heteroatoms. The average Bonchev–Trinajstić information content (AvgIpc) is 2.41. The van der Waals surface area contributed by atoms with E-state index in [1.165, 1.54) is 0 Å². The first-order chi connectivity index (χ1) is 9.93. The van der Waals surface area contributed by atoms with Crippen LogP contribution in [0.4, 0.5) is 0 Å². The van der Waals surface area contributed by atoms with Gasteiger partial charge in [0, 0.05) is 13.2 Å². The minimum atomic E-state index is -3.03. The third-order valence-corrected chi connectivity index (χ3v) is 5.01. The molecular formula is C16H27NO3S. The molecule has 0 saturated carbocycles. The molecule has 0 saturated heterocycles. The maximum absolute atomic E-state index is 12.1. The van der Waals surface area contributed by atoms with Crippen molar-refractivity contribution in [3.05, 3.63) is 35.4 Å².